The largest absolute Gasteiger partial charge is 0.247 e. The zero-order chi connectivity index (χ0) is 10.7. The molecule has 76 valence electrons. The maximum atomic E-state index is 5.79. The number of pyridine rings is 1. The molecule has 0 unspecified atom stereocenters. The average Bonchev–Trinajstić information content (AvgIpc) is 2.24. The summed E-state index contributed by atoms with van der Waals surface area (Å²) in [5, 5.41) is 2.28. The second kappa shape index (κ2) is 4.92. The van der Waals surface area contributed by atoms with Gasteiger partial charge in [-0.25, -0.2) is 15.0 Å². The monoisotopic (exact) mass is 301 g/mol. The summed E-state index contributed by atoms with van der Waals surface area (Å²) >= 11 is 10.6. The molecule has 6 heteroatoms. The van der Waals surface area contributed by atoms with Crippen LogP contribution in [0.15, 0.2) is 45.4 Å². The number of hydrogen-bond donors (Lipinski definition) is 0. The highest BCUT2D eigenvalue weighted by Gasteiger charge is 2.05. The molecule has 0 aliphatic rings. The van der Waals surface area contributed by atoms with E-state index in [1.165, 1.54) is 18.1 Å². The lowest BCUT2D eigenvalue weighted by atomic mass is 10.5. The third kappa shape index (κ3) is 2.90. The zero-order valence-electron chi connectivity index (χ0n) is 7.39. The van der Waals surface area contributed by atoms with E-state index in [9.17, 15) is 0 Å². The van der Waals surface area contributed by atoms with Gasteiger partial charge < -0.3 is 0 Å². The summed E-state index contributed by atoms with van der Waals surface area (Å²) in [7, 11) is 0. The Balaban J connectivity index is 2.25. The number of hydrogen-bond acceptors (Lipinski definition) is 4. The Morgan fingerprint density at radius 2 is 2.20 bits per heavy atom. The molecule has 0 aliphatic carbocycles. The van der Waals surface area contributed by atoms with Gasteiger partial charge in [-0.05, 0) is 39.8 Å². The lowest BCUT2D eigenvalue weighted by Gasteiger charge is -2.01. The molecular formula is C9H5BrClN3S. The van der Waals surface area contributed by atoms with Gasteiger partial charge in [0, 0.05) is 12.4 Å². The molecule has 2 aromatic rings. The SMILES string of the molecule is Clc1cnc(Sc2ccncn2)c(Br)c1. The highest BCUT2D eigenvalue weighted by molar-refractivity contribution is 9.10. The van der Waals surface area contributed by atoms with Crippen molar-refractivity contribution in [3.8, 4) is 0 Å². The summed E-state index contributed by atoms with van der Waals surface area (Å²) < 4.78 is 0.860. The van der Waals surface area contributed by atoms with E-state index in [-0.39, 0.29) is 0 Å². The Morgan fingerprint density at radius 1 is 1.33 bits per heavy atom. The van der Waals surface area contributed by atoms with Crippen molar-refractivity contribution in [2.45, 2.75) is 10.1 Å². The molecule has 0 bridgehead atoms. The predicted molar refractivity (Wildman–Crippen MR) is 63.1 cm³/mol. The van der Waals surface area contributed by atoms with Crippen LogP contribution in [0.4, 0.5) is 0 Å². The normalized spacial score (nSPS) is 10.3. The second-order valence-electron chi connectivity index (χ2n) is 2.59. The Bertz CT molecular complexity index is 466. The van der Waals surface area contributed by atoms with Gasteiger partial charge in [-0.1, -0.05) is 11.6 Å². The van der Waals surface area contributed by atoms with E-state index in [0.717, 1.165) is 14.5 Å². The molecule has 0 amide bonds. The summed E-state index contributed by atoms with van der Waals surface area (Å²) in [6, 6.07) is 3.63. The molecular weight excluding hydrogens is 298 g/mol. The van der Waals surface area contributed by atoms with Gasteiger partial charge in [-0.3, -0.25) is 0 Å². The molecule has 2 rings (SSSR count). The Hall–Kier alpha value is -0.650. The molecule has 0 saturated heterocycles. The van der Waals surface area contributed by atoms with E-state index in [1.807, 2.05) is 6.07 Å². The van der Waals surface area contributed by atoms with Crippen LogP contribution in [-0.4, -0.2) is 15.0 Å². The van der Waals surface area contributed by atoms with Crippen molar-refractivity contribution in [3.05, 3.63) is 40.3 Å². The van der Waals surface area contributed by atoms with E-state index in [1.54, 1.807) is 18.5 Å². The van der Waals surface area contributed by atoms with Crippen LogP contribution in [0.25, 0.3) is 0 Å². The van der Waals surface area contributed by atoms with E-state index < -0.39 is 0 Å². The van der Waals surface area contributed by atoms with Crippen molar-refractivity contribution in [2.75, 3.05) is 0 Å². The summed E-state index contributed by atoms with van der Waals surface area (Å²) in [4.78, 5) is 12.1. The van der Waals surface area contributed by atoms with Crippen molar-refractivity contribution in [1.29, 1.82) is 0 Å². The van der Waals surface area contributed by atoms with Crippen LogP contribution in [0.5, 0.6) is 0 Å². The summed E-state index contributed by atoms with van der Waals surface area (Å²) in [6.45, 7) is 0. The fourth-order valence-corrected chi connectivity index (χ4v) is 2.49. The molecule has 0 radical (unpaired) electrons. The van der Waals surface area contributed by atoms with Gasteiger partial charge in [0.1, 0.15) is 16.4 Å². The lowest BCUT2D eigenvalue weighted by molar-refractivity contribution is 1.03. The van der Waals surface area contributed by atoms with Crippen LogP contribution in [-0.2, 0) is 0 Å². The number of nitrogens with zero attached hydrogens (tertiary/aromatic N) is 3. The lowest BCUT2D eigenvalue weighted by Crippen LogP contribution is -1.84. The molecule has 0 N–H and O–H groups in total. The van der Waals surface area contributed by atoms with Gasteiger partial charge in [0.25, 0.3) is 0 Å². The van der Waals surface area contributed by atoms with E-state index in [0.29, 0.717) is 5.02 Å². The number of halogens is 2. The first kappa shape index (κ1) is 10.9. The minimum Gasteiger partial charge on any atom is -0.247 e. The molecule has 3 nitrogen and oxygen atoms in total. The van der Waals surface area contributed by atoms with Crippen molar-refractivity contribution < 1.29 is 0 Å². The first-order valence-electron chi connectivity index (χ1n) is 4.00. The molecule has 0 aliphatic heterocycles. The van der Waals surface area contributed by atoms with Gasteiger partial charge >= 0.3 is 0 Å². The Morgan fingerprint density at radius 3 is 2.87 bits per heavy atom. The standard InChI is InChI=1S/C9H5BrClN3S/c10-7-3-6(11)4-13-9(7)15-8-1-2-12-5-14-8/h1-5H. The molecule has 0 spiro atoms. The van der Waals surface area contributed by atoms with Crippen LogP contribution in [0.2, 0.25) is 5.02 Å². The molecule has 2 heterocycles. The minimum atomic E-state index is 0.605. The topological polar surface area (TPSA) is 38.7 Å². The van der Waals surface area contributed by atoms with E-state index >= 15 is 0 Å². The predicted octanol–water partition coefficient (Wildman–Crippen LogP) is 3.44. The van der Waals surface area contributed by atoms with Crippen LogP contribution in [0.3, 0.4) is 0 Å². The maximum absolute atomic E-state index is 5.79. The fraction of sp³-hybridized carbons (Fsp3) is 0. The molecule has 15 heavy (non-hydrogen) atoms. The van der Waals surface area contributed by atoms with Crippen LogP contribution in [0.1, 0.15) is 0 Å². The zero-order valence-corrected chi connectivity index (χ0v) is 10.6. The van der Waals surface area contributed by atoms with Gasteiger partial charge in [-0.15, -0.1) is 0 Å². The summed E-state index contributed by atoms with van der Waals surface area (Å²) in [6.07, 6.45) is 4.81. The quantitative estimate of drug-likeness (QED) is 0.797. The minimum absolute atomic E-state index is 0.605. The van der Waals surface area contributed by atoms with Gasteiger partial charge in [0.05, 0.1) is 9.50 Å². The van der Waals surface area contributed by atoms with Gasteiger partial charge in [-0.2, -0.15) is 0 Å². The van der Waals surface area contributed by atoms with Crippen molar-refractivity contribution in [1.82, 2.24) is 15.0 Å². The van der Waals surface area contributed by atoms with Crippen LogP contribution in [0, 0.1) is 0 Å². The maximum Gasteiger partial charge on any atom is 0.117 e. The Labute approximate surface area is 104 Å². The van der Waals surface area contributed by atoms with Crippen molar-refractivity contribution in [2.24, 2.45) is 0 Å². The Kier molecular flexibility index (Phi) is 3.56. The number of aromatic nitrogens is 3. The fourth-order valence-electron chi connectivity index (χ4n) is 0.915. The van der Waals surface area contributed by atoms with Gasteiger partial charge in [0.15, 0.2) is 0 Å². The summed E-state index contributed by atoms with van der Waals surface area (Å²) in [5.74, 6) is 0. The second-order valence-corrected chi connectivity index (χ2v) is 4.89. The van der Waals surface area contributed by atoms with Crippen LogP contribution < -0.4 is 0 Å². The van der Waals surface area contributed by atoms with Crippen LogP contribution >= 0.6 is 39.3 Å². The molecule has 0 aromatic carbocycles. The first-order valence-corrected chi connectivity index (χ1v) is 5.99. The number of rotatable bonds is 2. The molecule has 0 atom stereocenters. The average molecular weight is 303 g/mol. The molecule has 0 fully saturated rings. The molecule has 2 aromatic heterocycles. The third-order valence-corrected chi connectivity index (χ3v) is 3.57. The highest BCUT2D eigenvalue weighted by atomic mass is 79.9. The molecule has 0 saturated carbocycles. The van der Waals surface area contributed by atoms with Crippen molar-refractivity contribution in [3.63, 3.8) is 0 Å². The third-order valence-electron chi connectivity index (χ3n) is 1.53. The summed E-state index contributed by atoms with van der Waals surface area (Å²) in [5.41, 5.74) is 0. The van der Waals surface area contributed by atoms with Crippen molar-refractivity contribution >= 4 is 39.3 Å². The van der Waals surface area contributed by atoms with E-state index in [4.69, 9.17) is 11.6 Å². The van der Waals surface area contributed by atoms with Gasteiger partial charge in [0.2, 0.25) is 0 Å². The van der Waals surface area contributed by atoms with E-state index in [2.05, 4.69) is 30.9 Å². The smallest absolute Gasteiger partial charge is 0.117 e. The first-order chi connectivity index (χ1) is 7.25. The highest BCUT2D eigenvalue weighted by Crippen LogP contribution is 2.31.